The normalized spacial score (nSPS) is 26.1. The van der Waals surface area contributed by atoms with Gasteiger partial charge < -0.3 is 10.6 Å². The van der Waals surface area contributed by atoms with E-state index in [1.54, 1.807) is 0 Å². The number of nitrogens with one attached hydrogen (secondary N) is 3. The van der Waals surface area contributed by atoms with Gasteiger partial charge in [-0.05, 0) is 31.1 Å². The van der Waals surface area contributed by atoms with E-state index in [9.17, 15) is 19.2 Å². The summed E-state index contributed by atoms with van der Waals surface area (Å²) in [6.07, 6.45) is 4.16. The number of carbonyl (C=O) groups excluding carboxylic acids is 4. The molecule has 6 amide bonds. The molecule has 0 bridgehead atoms. The fourth-order valence-electron chi connectivity index (χ4n) is 3.47. The second-order valence-electron chi connectivity index (χ2n) is 7.43. The molecular weight excluding hydrogens is 324 g/mol. The lowest BCUT2D eigenvalue weighted by Crippen LogP contribution is -2.54. The molecule has 2 fully saturated rings. The third kappa shape index (κ3) is 4.29. The average molecular weight is 352 g/mol. The van der Waals surface area contributed by atoms with Gasteiger partial charge in [-0.3, -0.25) is 19.8 Å². The van der Waals surface area contributed by atoms with Gasteiger partial charge in [-0.15, -0.1) is 0 Å². The van der Waals surface area contributed by atoms with Gasteiger partial charge in [0.2, 0.25) is 5.91 Å². The Balaban J connectivity index is 1.89. The van der Waals surface area contributed by atoms with Gasteiger partial charge in [0.05, 0.1) is 0 Å². The summed E-state index contributed by atoms with van der Waals surface area (Å²) in [5.74, 6) is -0.563. The van der Waals surface area contributed by atoms with Crippen LogP contribution in [0.2, 0.25) is 0 Å². The predicted molar refractivity (Wildman–Crippen MR) is 91.6 cm³/mol. The number of carbonyl (C=O) groups is 4. The molecule has 1 aliphatic heterocycles. The number of imide groups is 2. The molecule has 0 radical (unpaired) electrons. The first-order valence-corrected chi connectivity index (χ1v) is 8.98. The molecule has 140 valence electrons. The monoisotopic (exact) mass is 352 g/mol. The minimum Gasteiger partial charge on any atom is -0.338 e. The Labute approximate surface area is 148 Å². The van der Waals surface area contributed by atoms with Gasteiger partial charge >= 0.3 is 12.1 Å². The summed E-state index contributed by atoms with van der Waals surface area (Å²) < 4.78 is 0. The largest absolute Gasteiger partial charge is 0.338 e. The van der Waals surface area contributed by atoms with Crippen molar-refractivity contribution < 1.29 is 19.2 Å². The van der Waals surface area contributed by atoms with Crippen LogP contribution < -0.4 is 16.0 Å². The molecule has 1 aliphatic carbocycles. The zero-order chi connectivity index (χ0) is 18.6. The van der Waals surface area contributed by atoms with Crippen LogP contribution in [0.25, 0.3) is 0 Å². The Bertz CT molecular complexity index is 563. The first-order chi connectivity index (χ1) is 11.8. The fourth-order valence-corrected chi connectivity index (χ4v) is 3.47. The Kier molecular flexibility index (Phi) is 6.02. The Morgan fingerprint density at radius 2 is 2.04 bits per heavy atom. The summed E-state index contributed by atoms with van der Waals surface area (Å²) in [6, 6.07) is -1.17. The maximum Gasteiger partial charge on any atom is 0.325 e. The van der Waals surface area contributed by atoms with E-state index in [4.69, 9.17) is 0 Å². The molecule has 2 aliphatic rings. The van der Waals surface area contributed by atoms with Crippen LogP contribution in [0.1, 0.15) is 52.9 Å². The summed E-state index contributed by atoms with van der Waals surface area (Å²) in [7, 11) is 0. The number of nitrogens with zero attached hydrogens (tertiary/aromatic N) is 1. The minimum absolute atomic E-state index is 0.0325. The van der Waals surface area contributed by atoms with Crippen molar-refractivity contribution in [2.75, 3.05) is 13.1 Å². The standard InChI is InChI=1S/C17H28N4O4/c1-11(2)7-9-18-15(24)19-13(22)10-21-14(23)17(20-16(21)25)8-5-4-6-12(17)3/h11-12H,4-10H2,1-3H3,(H,20,25)(H2,18,19,22,24). The number of hydrogen-bond acceptors (Lipinski definition) is 4. The first kappa shape index (κ1) is 19.2. The van der Waals surface area contributed by atoms with Crippen LogP contribution in [0, 0.1) is 11.8 Å². The van der Waals surface area contributed by atoms with Crippen LogP contribution in [-0.2, 0) is 9.59 Å². The molecule has 0 aromatic carbocycles. The average Bonchev–Trinajstić information content (AvgIpc) is 2.75. The van der Waals surface area contributed by atoms with Crippen molar-refractivity contribution >= 4 is 23.9 Å². The van der Waals surface area contributed by atoms with Crippen LogP contribution in [0.5, 0.6) is 0 Å². The zero-order valence-electron chi connectivity index (χ0n) is 15.2. The molecule has 1 heterocycles. The Hall–Kier alpha value is -2.12. The van der Waals surface area contributed by atoms with Gasteiger partial charge in [0.15, 0.2) is 0 Å². The zero-order valence-corrected chi connectivity index (χ0v) is 15.2. The minimum atomic E-state index is -0.894. The van der Waals surface area contributed by atoms with E-state index in [1.165, 1.54) is 0 Å². The summed E-state index contributed by atoms with van der Waals surface area (Å²) in [5, 5.41) is 7.52. The van der Waals surface area contributed by atoms with Crippen molar-refractivity contribution in [2.24, 2.45) is 11.8 Å². The van der Waals surface area contributed by atoms with Crippen molar-refractivity contribution in [1.82, 2.24) is 20.9 Å². The maximum absolute atomic E-state index is 12.7. The van der Waals surface area contributed by atoms with Gasteiger partial charge in [-0.2, -0.15) is 0 Å². The van der Waals surface area contributed by atoms with Gasteiger partial charge in [-0.25, -0.2) is 9.59 Å². The Morgan fingerprint density at radius 3 is 2.68 bits per heavy atom. The summed E-state index contributed by atoms with van der Waals surface area (Å²) in [5.41, 5.74) is -0.894. The fraction of sp³-hybridized carbons (Fsp3) is 0.765. The molecule has 2 unspecified atom stereocenters. The summed E-state index contributed by atoms with van der Waals surface area (Å²) >= 11 is 0. The van der Waals surface area contributed by atoms with E-state index in [0.717, 1.165) is 30.6 Å². The van der Waals surface area contributed by atoms with Crippen LogP contribution in [0.3, 0.4) is 0 Å². The first-order valence-electron chi connectivity index (χ1n) is 8.98. The van der Waals surface area contributed by atoms with E-state index in [1.807, 2.05) is 20.8 Å². The predicted octanol–water partition coefficient (Wildman–Crippen LogP) is 1.36. The molecule has 3 N–H and O–H groups in total. The molecule has 8 heteroatoms. The molecule has 25 heavy (non-hydrogen) atoms. The molecule has 8 nitrogen and oxygen atoms in total. The van der Waals surface area contributed by atoms with E-state index < -0.39 is 30.1 Å². The quantitative estimate of drug-likeness (QED) is 0.649. The van der Waals surface area contributed by atoms with Crippen LogP contribution >= 0.6 is 0 Å². The highest BCUT2D eigenvalue weighted by Gasteiger charge is 2.55. The summed E-state index contributed by atoms with van der Waals surface area (Å²) in [4.78, 5) is 49.5. The van der Waals surface area contributed by atoms with E-state index >= 15 is 0 Å². The van der Waals surface area contributed by atoms with E-state index in [2.05, 4.69) is 16.0 Å². The van der Waals surface area contributed by atoms with Crippen molar-refractivity contribution in [3.63, 3.8) is 0 Å². The number of urea groups is 2. The van der Waals surface area contributed by atoms with Gasteiger partial charge in [0.25, 0.3) is 5.91 Å². The highest BCUT2D eigenvalue weighted by atomic mass is 16.2. The molecule has 2 atom stereocenters. The highest BCUT2D eigenvalue weighted by molar-refractivity contribution is 6.10. The SMILES string of the molecule is CC(C)CCNC(=O)NC(=O)CN1C(=O)NC2(CCCCC2C)C1=O. The molecule has 0 aromatic rings. The maximum atomic E-state index is 12.7. The molecule has 1 saturated carbocycles. The molecular formula is C17H28N4O4. The molecule has 2 rings (SSSR count). The van der Waals surface area contributed by atoms with E-state index in [0.29, 0.717) is 18.9 Å². The smallest absolute Gasteiger partial charge is 0.325 e. The number of amides is 6. The van der Waals surface area contributed by atoms with Crippen molar-refractivity contribution in [1.29, 1.82) is 0 Å². The topological polar surface area (TPSA) is 108 Å². The molecule has 1 spiro atoms. The van der Waals surface area contributed by atoms with Crippen molar-refractivity contribution in [3.05, 3.63) is 0 Å². The van der Waals surface area contributed by atoms with Gasteiger partial charge in [0, 0.05) is 6.54 Å². The highest BCUT2D eigenvalue weighted by Crippen LogP contribution is 2.38. The van der Waals surface area contributed by atoms with Crippen molar-refractivity contribution in [3.8, 4) is 0 Å². The molecule has 0 aromatic heterocycles. The van der Waals surface area contributed by atoms with Crippen LogP contribution in [-0.4, -0.2) is 47.4 Å². The molecule has 1 saturated heterocycles. The van der Waals surface area contributed by atoms with Gasteiger partial charge in [0.1, 0.15) is 12.1 Å². The van der Waals surface area contributed by atoms with E-state index in [-0.39, 0.29) is 11.8 Å². The van der Waals surface area contributed by atoms with Crippen LogP contribution in [0.15, 0.2) is 0 Å². The lowest BCUT2D eigenvalue weighted by Gasteiger charge is -2.36. The van der Waals surface area contributed by atoms with Crippen LogP contribution in [0.4, 0.5) is 9.59 Å². The van der Waals surface area contributed by atoms with Crippen molar-refractivity contribution in [2.45, 2.75) is 58.4 Å². The van der Waals surface area contributed by atoms with Gasteiger partial charge in [-0.1, -0.05) is 33.6 Å². The second kappa shape index (κ2) is 7.84. The number of hydrogen-bond donors (Lipinski definition) is 3. The third-order valence-electron chi connectivity index (χ3n) is 5.06. The lowest BCUT2D eigenvalue weighted by atomic mass is 9.73. The lowest BCUT2D eigenvalue weighted by molar-refractivity contribution is -0.137. The second-order valence-corrected chi connectivity index (χ2v) is 7.43. The summed E-state index contributed by atoms with van der Waals surface area (Å²) in [6.45, 7) is 6.02. The number of rotatable bonds is 5. The Morgan fingerprint density at radius 1 is 1.32 bits per heavy atom. The third-order valence-corrected chi connectivity index (χ3v) is 5.06.